The number of nitrogens with one attached hydrogen (secondary N) is 1. The number of benzene rings is 1. The highest BCUT2D eigenvalue weighted by molar-refractivity contribution is 6.31. The summed E-state index contributed by atoms with van der Waals surface area (Å²) in [4.78, 5) is 2.54. The van der Waals surface area contributed by atoms with Crippen LogP contribution in [0.2, 0.25) is 5.02 Å². The van der Waals surface area contributed by atoms with Gasteiger partial charge in [0.15, 0.2) is 0 Å². The van der Waals surface area contributed by atoms with E-state index >= 15 is 0 Å². The van der Waals surface area contributed by atoms with Gasteiger partial charge in [0, 0.05) is 10.6 Å². The highest BCUT2D eigenvalue weighted by atomic mass is 35.5. The molecular weight excluding hydrogens is 270 g/mol. The van der Waals surface area contributed by atoms with Crippen LogP contribution >= 0.6 is 11.6 Å². The van der Waals surface area contributed by atoms with Crippen molar-refractivity contribution in [3.8, 4) is 0 Å². The highest BCUT2D eigenvalue weighted by Gasteiger charge is 2.36. The normalized spacial score (nSPS) is 19.1. The molecule has 4 heteroatoms. The standard InChI is InChI=1S/C16H26ClN3/c1-12-7-8-13(11-14(12)17)15(19-18)16(2,3)20-9-5-4-6-10-20/h7-8,11,15,19H,4-6,9-10,18H2,1-3H3. The Balaban J connectivity index is 2.27. The molecule has 112 valence electrons. The third-order valence-electron chi connectivity index (χ3n) is 4.57. The number of hydrogen-bond acceptors (Lipinski definition) is 3. The van der Waals surface area contributed by atoms with Crippen molar-refractivity contribution in [1.82, 2.24) is 10.3 Å². The van der Waals surface area contributed by atoms with Gasteiger partial charge in [-0.15, -0.1) is 0 Å². The summed E-state index contributed by atoms with van der Waals surface area (Å²) in [5.41, 5.74) is 5.22. The smallest absolute Gasteiger partial charge is 0.0639 e. The molecule has 1 fully saturated rings. The maximum absolute atomic E-state index is 6.27. The lowest BCUT2D eigenvalue weighted by Crippen LogP contribution is -2.55. The van der Waals surface area contributed by atoms with Crippen LogP contribution in [-0.4, -0.2) is 23.5 Å². The molecule has 1 atom stereocenters. The maximum atomic E-state index is 6.27. The molecule has 3 nitrogen and oxygen atoms in total. The van der Waals surface area contributed by atoms with Crippen molar-refractivity contribution in [1.29, 1.82) is 0 Å². The molecule has 1 aliphatic rings. The summed E-state index contributed by atoms with van der Waals surface area (Å²) in [5, 5.41) is 0.803. The van der Waals surface area contributed by atoms with E-state index in [9.17, 15) is 0 Å². The van der Waals surface area contributed by atoms with E-state index in [0.717, 1.165) is 29.2 Å². The van der Waals surface area contributed by atoms with Gasteiger partial charge in [-0.2, -0.15) is 0 Å². The van der Waals surface area contributed by atoms with Crippen LogP contribution in [0.1, 0.15) is 50.3 Å². The van der Waals surface area contributed by atoms with Crippen molar-refractivity contribution in [3.63, 3.8) is 0 Å². The third kappa shape index (κ3) is 3.17. The van der Waals surface area contributed by atoms with Crippen LogP contribution in [-0.2, 0) is 0 Å². The Labute approximate surface area is 127 Å². The fourth-order valence-corrected chi connectivity index (χ4v) is 3.34. The number of nitrogens with two attached hydrogens (primary N) is 1. The van der Waals surface area contributed by atoms with Crippen LogP contribution in [0.25, 0.3) is 0 Å². The lowest BCUT2D eigenvalue weighted by atomic mass is 9.85. The fraction of sp³-hybridized carbons (Fsp3) is 0.625. The van der Waals surface area contributed by atoms with E-state index in [1.54, 1.807) is 0 Å². The van der Waals surface area contributed by atoms with Gasteiger partial charge in [0.05, 0.1) is 6.04 Å². The van der Waals surface area contributed by atoms with Crippen LogP contribution in [0.5, 0.6) is 0 Å². The van der Waals surface area contributed by atoms with Crippen LogP contribution in [0.3, 0.4) is 0 Å². The Hall–Kier alpha value is -0.610. The molecular formula is C16H26ClN3. The second-order valence-electron chi connectivity index (χ2n) is 6.31. The third-order valence-corrected chi connectivity index (χ3v) is 4.98. The molecule has 0 amide bonds. The quantitative estimate of drug-likeness (QED) is 0.660. The Morgan fingerprint density at radius 2 is 1.90 bits per heavy atom. The molecule has 0 spiro atoms. The fourth-order valence-electron chi connectivity index (χ4n) is 3.15. The maximum Gasteiger partial charge on any atom is 0.0639 e. The van der Waals surface area contributed by atoms with Gasteiger partial charge in [-0.05, 0) is 63.9 Å². The van der Waals surface area contributed by atoms with Gasteiger partial charge >= 0.3 is 0 Å². The van der Waals surface area contributed by atoms with Gasteiger partial charge in [0.2, 0.25) is 0 Å². The van der Waals surface area contributed by atoms with Gasteiger partial charge in [0.25, 0.3) is 0 Å². The molecule has 1 aliphatic heterocycles. The first-order valence-corrected chi connectivity index (χ1v) is 7.82. The van der Waals surface area contributed by atoms with E-state index in [1.807, 2.05) is 13.0 Å². The van der Waals surface area contributed by atoms with Crippen molar-refractivity contribution in [2.24, 2.45) is 5.84 Å². The monoisotopic (exact) mass is 295 g/mol. The van der Waals surface area contributed by atoms with Gasteiger partial charge in [0.1, 0.15) is 0 Å². The zero-order chi connectivity index (χ0) is 14.8. The minimum atomic E-state index is -0.0340. The summed E-state index contributed by atoms with van der Waals surface area (Å²) < 4.78 is 0. The lowest BCUT2D eigenvalue weighted by molar-refractivity contribution is 0.0608. The summed E-state index contributed by atoms with van der Waals surface area (Å²) in [6.07, 6.45) is 3.88. The summed E-state index contributed by atoms with van der Waals surface area (Å²) in [5.74, 6) is 5.87. The molecule has 3 N–H and O–H groups in total. The molecule has 0 radical (unpaired) electrons. The topological polar surface area (TPSA) is 41.3 Å². The first-order valence-electron chi connectivity index (χ1n) is 7.44. The lowest BCUT2D eigenvalue weighted by Gasteiger charge is -2.46. The van der Waals surface area contributed by atoms with Crippen LogP contribution in [0.4, 0.5) is 0 Å². The molecule has 1 unspecified atom stereocenters. The summed E-state index contributed by atoms with van der Waals surface area (Å²) in [6.45, 7) is 8.83. The summed E-state index contributed by atoms with van der Waals surface area (Å²) >= 11 is 6.27. The number of hydrazine groups is 1. The number of aryl methyl sites for hydroxylation is 1. The van der Waals surface area contributed by atoms with Crippen LogP contribution < -0.4 is 11.3 Å². The summed E-state index contributed by atoms with van der Waals surface area (Å²) in [7, 11) is 0. The van der Waals surface area contributed by atoms with E-state index < -0.39 is 0 Å². The molecule has 0 aromatic heterocycles. The SMILES string of the molecule is Cc1ccc(C(NN)C(C)(C)N2CCCCC2)cc1Cl. The zero-order valence-corrected chi connectivity index (χ0v) is 13.5. The number of likely N-dealkylation sites (tertiary alicyclic amines) is 1. The van der Waals surface area contributed by atoms with E-state index in [4.69, 9.17) is 17.4 Å². The Morgan fingerprint density at radius 1 is 1.25 bits per heavy atom. The second kappa shape index (κ2) is 6.44. The molecule has 1 aromatic rings. The zero-order valence-electron chi connectivity index (χ0n) is 12.7. The molecule has 0 bridgehead atoms. The van der Waals surface area contributed by atoms with Crippen molar-refractivity contribution >= 4 is 11.6 Å². The minimum absolute atomic E-state index is 0.0340. The van der Waals surface area contributed by atoms with Crippen molar-refractivity contribution in [3.05, 3.63) is 34.3 Å². The number of halogens is 1. The highest BCUT2D eigenvalue weighted by Crippen LogP contribution is 2.34. The van der Waals surface area contributed by atoms with Crippen LogP contribution in [0, 0.1) is 6.92 Å². The Bertz CT molecular complexity index is 453. The molecule has 0 saturated carbocycles. The van der Waals surface area contributed by atoms with Gasteiger partial charge in [-0.3, -0.25) is 16.2 Å². The number of nitrogens with zero attached hydrogens (tertiary/aromatic N) is 1. The van der Waals surface area contributed by atoms with E-state index in [0.29, 0.717) is 0 Å². The number of piperidine rings is 1. The van der Waals surface area contributed by atoms with Crippen molar-refractivity contribution < 1.29 is 0 Å². The van der Waals surface area contributed by atoms with Crippen molar-refractivity contribution in [2.45, 2.75) is 51.6 Å². The largest absolute Gasteiger partial charge is 0.296 e. The summed E-state index contributed by atoms with van der Waals surface area (Å²) in [6, 6.07) is 6.29. The van der Waals surface area contributed by atoms with Gasteiger partial charge in [-0.25, -0.2) is 0 Å². The van der Waals surface area contributed by atoms with Crippen LogP contribution in [0.15, 0.2) is 18.2 Å². The molecule has 20 heavy (non-hydrogen) atoms. The molecule has 1 heterocycles. The predicted octanol–water partition coefficient (Wildman–Crippen LogP) is 3.42. The molecule has 1 aromatic carbocycles. The van der Waals surface area contributed by atoms with E-state index in [2.05, 4.69) is 36.3 Å². The van der Waals surface area contributed by atoms with Gasteiger partial charge in [-0.1, -0.05) is 30.2 Å². The molecule has 1 saturated heterocycles. The van der Waals surface area contributed by atoms with E-state index in [-0.39, 0.29) is 11.6 Å². The first kappa shape index (κ1) is 15.8. The molecule has 2 rings (SSSR count). The van der Waals surface area contributed by atoms with E-state index in [1.165, 1.54) is 19.3 Å². The number of rotatable bonds is 4. The predicted molar refractivity (Wildman–Crippen MR) is 85.8 cm³/mol. The Kier molecular flexibility index (Phi) is 5.08. The average molecular weight is 296 g/mol. The second-order valence-corrected chi connectivity index (χ2v) is 6.72. The minimum Gasteiger partial charge on any atom is -0.296 e. The molecule has 0 aliphatic carbocycles. The Morgan fingerprint density at radius 3 is 2.45 bits per heavy atom. The number of hydrogen-bond donors (Lipinski definition) is 2. The first-order chi connectivity index (χ1) is 9.46. The van der Waals surface area contributed by atoms with Gasteiger partial charge < -0.3 is 0 Å². The van der Waals surface area contributed by atoms with Crippen molar-refractivity contribution in [2.75, 3.05) is 13.1 Å². The average Bonchev–Trinajstić information content (AvgIpc) is 2.44.